The Balaban J connectivity index is 1.73. The predicted molar refractivity (Wildman–Crippen MR) is 190 cm³/mol. The molecule has 8 rings (SSSR count). The van der Waals surface area contributed by atoms with Crippen molar-refractivity contribution in [2.75, 3.05) is 0 Å². The lowest BCUT2D eigenvalue weighted by Crippen LogP contribution is -2.02. The van der Waals surface area contributed by atoms with Gasteiger partial charge in [0, 0.05) is 27.1 Å². The lowest BCUT2D eigenvalue weighted by atomic mass is 9.96. The monoisotopic (exact) mass is 590 g/mol. The molecule has 8 aromatic rings. The maximum Gasteiger partial charge on any atom is 0.196 e. The fraction of sp³-hybridized carbons (Fsp3) is 0.0952. The minimum absolute atomic E-state index is 0.469. The first-order valence-electron chi connectivity index (χ1n) is 15.5. The number of para-hydroxylation sites is 4. The van der Waals surface area contributed by atoms with Gasteiger partial charge in [-0.1, -0.05) is 78.9 Å². The van der Waals surface area contributed by atoms with Crippen LogP contribution in [0.2, 0.25) is 0 Å². The average Bonchev–Trinajstić information content (AvgIpc) is 3.57. The van der Waals surface area contributed by atoms with Gasteiger partial charge in [-0.2, -0.15) is 5.26 Å². The van der Waals surface area contributed by atoms with Crippen molar-refractivity contribution in [1.82, 2.24) is 9.13 Å². The molecule has 0 spiro atoms. The van der Waals surface area contributed by atoms with Gasteiger partial charge < -0.3 is 9.13 Å². The van der Waals surface area contributed by atoms with Crippen LogP contribution in [-0.4, -0.2) is 9.13 Å². The van der Waals surface area contributed by atoms with Gasteiger partial charge >= 0.3 is 0 Å². The highest BCUT2D eigenvalue weighted by Gasteiger charge is 2.26. The first-order valence-corrected chi connectivity index (χ1v) is 15.5. The third kappa shape index (κ3) is 3.78. The summed E-state index contributed by atoms with van der Waals surface area (Å²) < 4.78 is 4.86. The highest BCUT2D eigenvalue weighted by Crippen LogP contribution is 2.48. The van der Waals surface area contributed by atoms with Crippen LogP contribution in [0, 0.1) is 45.6 Å². The Hall–Kier alpha value is -6.10. The normalized spacial score (nSPS) is 11.4. The number of hydrogen-bond donors (Lipinski definition) is 0. The van der Waals surface area contributed by atoms with Crippen LogP contribution in [0.5, 0.6) is 0 Å². The molecule has 0 amide bonds. The molecule has 0 radical (unpaired) electrons. The molecule has 0 aliphatic carbocycles. The Morgan fingerprint density at radius 1 is 0.565 bits per heavy atom. The fourth-order valence-corrected chi connectivity index (χ4v) is 7.51. The molecule has 0 saturated heterocycles. The number of nitrogens with zero attached hydrogens (tertiary/aromatic N) is 4. The second-order valence-electron chi connectivity index (χ2n) is 12.2. The van der Waals surface area contributed by atoms with Crippen LogP contribution in [0.25, 0.3) is 71.0 Å². The Kier molecular flexibility index (Phi) is 6.11. The Labute approximate surface area is 267 Å². The van der Waals surface area contributed by atoms with Gasteiger partial charge in [0.1, 0.15) is 0 Å². The minimum atomic E-state index is 0.469. The van der Waals surface area contributed by atoms with Crippen molar-refractivity contribution in [3.63, 3.8) is 0 Å². The first-order chi connectivity index (χ1) is 22.4. The van der Waals surface area contributed by atoms with E-state index in [1.165, 1.54) is 27.9 Å². The van der Waals surface area contributed by atoms with E-state index in [1.807, 2.05) is 12.1 Å². The summed E-state index contributed by atoms with van der Waals surface area (Å²) in [6, 6.07) is 40.2. The van der Waals surface area contributed by atoms with Crippen LogP contribution in [-0.2, 0) is 0 Å². The Morgan fingerprint density at radius 3 is 1.70 bits per heavy atom. The Morgan fingerprint density at radius 2 is 1.11 bits per heavy atom. The van der Waals surface area contributed by atoms with E-state index in [0.29, 0.717) is 11.3 Å². The fourth-order valence-electron chi connectivity index (χ4n) is 7.51. The lowest BCUT2D eigenvalue weighted by Gasteiger charge is -2.18. The van der Waals surface area contributed by atoms with Gasteiger partial charge in [0.15, 0.2) is 5.69 Å². The molecule has 0 saturated carbocycles. The molecule has 0 unspecified atom stereocenters. The molecule has 0 aliphatic heterocycles. The summed E-state index contributed by atoms with van der Waals surface area (Å²) in [5.74, 6) is 0. The number of rotatable bonds is 3. The van der Waals surface area contributed by atoms with Crippen molar-refractivity contribution >= 4 is 49.3 Å². The Bertz CT molecular complexity index is 2610. The molecule has 0 aliphatic rings. The van der Waals surface area contributed by atoms with Gasteiger partial charge in [0.2, 0.25) is 0 Å². The molecule has 0 N–H and O–H groups in total. The molecule has 0 bridgehead atoms. The minimum Gasteiger partial charge on any atom is -0.308 e. The molecule has 4 nitrogen and oxygen atoms in total. The molecule has 0 fully saturated rings. The van der Waals surface area contributed by atoms with E-state index in [0.717, 1.165) is 60.4 Å². The van der Waals surface area contributed by atoms with Crippen molar-refractivity contribution in [2.24, 2.45) is 0 Å². The van der Waals surface area contributed by atoms with Crippen molar-refractivity contribution < 1.29 is 0 Å². The van der Waals surface area contributed by atoms with Crippen molar-refractivity contribution in [2.45, 2.75) is 27.7 Å². The average molecular weight is 591 g/mol. The quantitative estimate of drug-likeness (QED) is 0.189. The zero-order valence-corrected chi connectivity index (χ0v) is 26.2. The summed E-state index contributed by atoms with van der Waals surface area (Å²) in [6.45, 7) is 16.9. The van der Waals surface area contributed by atoms with E-state index in [2.05, 4.69) is 139 Å². The van der Waals surface area contributed by atoms with E-state index in [1.54, 1.807) is 6.07 Å². The van der Waals surface area contributed by atoms with E-state index < -0.39 is 0 Å². The second-order valence-corrected chi connectivity index (χ2v) is 12.2. The van der Waals surface area contributed by atoms with Gasteiger partial charge in [-0.25, -0.2) is 4.85 Å². The zero-order chi connectivity index (χ0) is 31.7. The summed E-state index contributed by atoms with van der Waals surface area (Å²) in [7, 11) is 0. The SMILES string of the molecule is [C-]#[N+]c1cc(C#N)ccc1-c1cc2c3ccccc3n(-c3c(C)cccc3C)c2c2c3ccccc3n(-c3c(C)cccc3C)c12. The summed E-state index contributed by atoms with van der Waals surface area (Å²) in [6.07, 6.45) is 0. The zero-order valence-electron chi connectivity index (χ0n) is 26.2. The predicted octanol–water partition coefficient (Wildman–Crippen LogP) is 11.2. The third-order valence-electron chi connectivity index (χ3n) is 9.43. The maximum absolute atomic E-state index is 9.70. The highest BCUT2D eigenvalue weighted by molar-refractivity contribution is 6.29. The summed E-state index contributed by atoms with van der Waals surface area (Å²) in [5, 5.41) is 14.3. The van der Waals surface area contributed by atoms with Crippen LogP contribution < -0.4 is 0 Å². The summed E-state index contributed by atoms with van der Waals surface area (Å²) in [4.78, 5) is 3.96. The number of hydrogen-bond acceptors (Lipinski definition) is 1. The number of aryl methyl sites for hydroxylation is 4. The first kappa shape index (κ1) is 27.4. The molecule has 2 aromatic heterocycles. The van der Waals surface area contributed by atoms with Crippen LogP contribution >= 0.6 is 0 Å². The molecule has 6 aromatic carbocycles. The van der Waals surface area contributed by atoms with E-state index in [9.17, 15) is 5.26 Å². The maximum atomic E-state index is 9.70. The molecular formula is C42H30N4. The summed E-state index contributed by atoms with van der Waals surface area (Å²) >= 11 is 0. The lowest BCUT2D eigenvalue weighted by molar-refractivity contribution is 1.12. The van der Waals surface area contributed by atoms with Gasteiger partial charge in [-0.15, -0.1) is 0 Å². The number of benzene rings is 6. The van der Waals surface area contributed by atoms with Gasteiger partial charge in [0.05, 0.1) is 46.1 Å². The molecule has 2 heterocycles. The topological polar surface area (TPSA) is 38.0 Å². The highest BCUT2D eigenvalue weighted by atomic mass is 15.0. The van der Waals surface area contributed by atoms with Crippen LogP contribution in [0.15, 0.2) is 109 Å². The second kappa shape index (κ2) is 10.2. The molecule has 46 heavy (non-hydrogen) atoms. The van der Waals surface area contributed by atoms with Crippen molar-refractivity contribution in [3.8, 4) is 28.6 Å². The molecule has 4 heteroatoms. The van der Waals surface area contributed by atoms with E-state index >= 15 is 0 Å². The van der Waals surface area contributed by atoms with Crippen LogP contribution in [0.4, 0.5) is 5.69 Å². The van der Waals surface area contributed by atoms with E-state index in [-0.39, 0.29) is 0 Å². The number of fused-ring (bicyclic) bond motifs is 7. The summed E-state index contributed by atoms with van der Waals surface area (Å²) in [5.41, 5.74) is 14.3. The molecular weight excluding hydrogens is 560 g/mol. The van der Waals surface area contributed by atoms with Gasteiger partial charge in [0.25, 0.3) is 0 Å². The third-order valence-corrected chi connectivity index (χ3v) is 9.43. The molecule has 218 valence electrons. The van der Waals surface area contributed by atoms with Crippen LogP contribution in [0.3, 0.4) is 0 Å². The van der Waals surface area contributed by atoms with E-state index in [4.69, 9.17) is 6.57 Å². The van der Waals surface area contributed by atoms with Gasteiger partial charge in [-0.05, 0) is 91.4 Å². The van der Waals surface area contributed by atoms with Crippen molar-refractivity contribution in [3.05, 3.63) is 148 Å². The number of aromatic nitrogens is 2. The molecule has 0 atom stereocenters. The smallest absolute Gasteiger partial charge is 0.196 e. The van der Waals surface area contributed by atoms with Gasteiger partial charge in [-0.3, -0.25) is 0 Å². The van der Waals surface area contributed by atoms with Crippen molar-refractivity contribution in [1.29, 1.82) is 5.26 Å². The standard InChI is InChI=1S/C42H30N4/c1-25-12-10-13-26(2)39(25)45-36-18-8-6-16-31(36)34-23-33(30-21-20-29(24-43)22-35(30)44-5)41-38(42(34)45)32-17-7-9-19-37(32)46(41)40-27(3)14-11-15-28(40)4/h6-23H,1-4H3. The van der Waals surface area contributed by atoms with Crippen LogP contribution in [0.1, 0.15) is 27.8 Å². The largest absolute Gasteiger partial charge is 0.308 e. The number of nitriles is 1.